The van der Waals surface area contributed by atoms with Crippen molar-refractivity contribution in [2.24, 2.45) is 5.92 Å². The number of hydrogen-bond donors (Lipinski definition) is 1. The Morgan fingerprint density at radius 2 is 1.91 bits per heavy atom. The lowest BCUT2D eigenvalue weighted by molar-refractivity contribution is 0.419. The molecular formula is C18H14Br2FN. The second-order valence-electron chi connectivity index (χ2n) is 5.85. The van der Waals surface area contributed by atoms with Crippen molar-refractivity contribution in [3.05, 3.63) is 74.4 Å². The first-order chi connectivity index (χ1) is 10.6. The molecule has 1 heterocycles. The summed E-state index contributed by atoms with van der Waals surface area (Å²) in [5.41, 5.74) is 2.87. The van der Waals surface area contributed by atoms with Gasteiger partial charge in [-0.2, -0.15) is 0 Å². The highest BCUT2D eigenvalue weighted by Gasteiger charge is 2.39. The Kier molecular flexibility index (Phi) is 3.61. The van der Waals surface area contributed by atoms with Gasteiger partial charge in [-0.25, -0.2) is 4.39 Å². The van der Waals surface area contributed by atoms with Crippen molar-refractivity contribution in [1.29, 1.82) is 0 Å². The van der Waals surface area contributed by atoms with E-state index in [2.05, 4.69) is 55.4 Å². The molecule has 3 atom stereocenters. The lowest BCUT2D eigenvalue weighted by Crippen LogP contribution is -2.30. The third-order valence-corrected chi connectivity index (χ3v) is 5.81. The largest absolute Gasteiger partial charge is 0.375 e. The molecule has 0 saturated heterocycles. The molecule has 4 heteroatoms. The lowest BCUT2D eigenvalue weighted by Gasteiger charge is -2.38. The van der Waals surface area contributed by atoms with Crippen molar-refractivity contribution >= 4 is 37.5 Å². The van der Waals surface area contributed by atoms with Crippen molar-refractivity contribution in [2.45, 2.75) is 18.4 Å². The van der Waals surface area contributed by atoms with Crippen LogP contribution in [0, 0.1) is 11.7 Å². The van der Waals surface area contributed by atoms with Crippen molar-refractivity contribution in [2.75, 3.05) is 5.32 Å². The molecule has 0 bridgehead atoms. The molecule has 1 N–H and O–H groups in total. The molecule has 0 fully saturated rings. The van der Waals surface area contributed by atoms with E-state index in [1.165, 1.54) is 11.6 Å². The van der Waals surface area contributed by atoms with Gasteiger partial charge >= 0.3 is 0 Å². The van der Waals surface area contributed by atoms with Crippen LogP contribution < -0.4 is 5.32 Å². The molecule has 2 aromatic carbocycles. The van der Waals surface area contributed by atoms with Gasteiger partial charge in [0.25, 0.3) is 0 Å². The third kappa shape index (κ3) is 2.24. The summed E-state index contributed by atoms with van der Waals surface area (Å²) in [6.45, 7) is 0. The molecule has 0 amide bonds. The van der Waals surface area contributed by atoms with Crippen LogP contribution >= 0.6 is 31.9 Å². The molecule has 2 aromatic rings. The molecule has 0 unspecified atom stereocenters. The third-order valence-electron chi connectivity index (χ3n) is 4.63. The first-order valence-electron chi connectivity index (χ1n) is 7.31. The van der Waals surface area contributed by atoms with Gasteiger partial charge in [0, 0.05) is 14.9 Å². The molecule has 2 aliphatic rings. The molecule has 0 aromatic heterocycles. The molecule has 0 spiro atoms. The van der Waals surface area contributed by atoms with Gasteiger partial charge in [-0.3, -0.25) is 0 Å². The fourth-order valence-corrected chi connectivity index (χ4v) is 4.64. The maximum absolute atomic E-state index is 14.5. The number of halogens is 3. The second-order valence-corrected chi connectivity index (χ2v) is 7.62. The van der Waals surface area contributed by atoms with Crippen LogP contribution in [0.1, 0.15) is 29.5 Å². The number of allylic oxidation sites excluding steroid dienone is 2. The molecule has 0 radical (unpaired) electrons. The minimum absolute atomic E-state index is 0.110. The van der Waals surface area contributed by atoms with Crippen LogP contribution in [0.25, 0.3) is 0 Å². The maximum Gasteiger partial charge on any atom is 0.147 e. The van der Waals surface area contributed by atoms with E-state index in [9.17, 15) is 4.39 Å². The average molecular weight is 423 g/mol. The van der Waals surface area contributed by atoms with Gasteiger partial charge in [-0.15, -0.1) is 0 Å². The summed E-state index contributed by atoms with van der Waals surface area (Å²) in [6, 6.07) is 11.9. The van der Waals surface area contributed by atoms with E-state index >= 15 is 0 Å². The zero-order valence-electron chi connectivity index (χ0n) is 11.7. The van der Waals surface area contributed by atoms with Crippen LogP contribution in [-0.4, -0.2) is 0 Å². The minimum atomic E-state index is -0.194. The Morgan fingerprint density at radius 3 is 2.73 bits per heavy atom. The maximum atomic E-state index is 14.5. The highest BCUT2D eigenvalue weighted by atomic mass is 79.9. The van der Waals surface area contributed by atoms with Gasteiger partial charge in [0.15, 0.2) is 0 Å². The number of anilines is 1. The Hall–Kier alpha value is -1.13. The van der Waals surface area contributed by atoms with Crippen LogP contribution in [0.2, 0.25) is 0 Å². The fraction of sp³-hybridized carbons (Fsp3) is 0.222. The van der Waals surface area contributed by atoms with Gasteiger partial charge in [-0.05, 0) is 41.7 Å². The number of fused-ring (bicyclic) bond motifs is 3. The summed E-state index contributed by atoms with van der Waals surface area (Å²) in [6.07, 6.45) is 5.45. The highest BCUT2D eigenvalue weighted by molar-refractivity contribution is 9.10. The Balaban J connectivity index is 1.86. The van der Waals surface area contributed by atoms with Crippen molar-refractivity contribution < 1.29 is 4.39 Å². The number of rotatable bonds is 1. The van der Waals surface area contributed by atoms with Gasteiger partial charge in [0.2, 0.25) is 0 Å². The lowest BCUT2D eigenvalue weighted by atomic mass is 9.77. The SMILES string of the molecule is Fc1cc(Br)cc2c1N[C@H](c1ccccc1Br)[C@@H]1CC=C[C@H]21. The van der Waals surface area contributed by atoms with E-state index in [0.717, 1.165) is 20.9 Å². The van der Waals surface area contributed by atoms with E-state index in [-0.39, 0.29) is 17.8 Å². The number of benzene rings is 2. The Morgan fingerprint density at radius 1 is 1.09 bits per heavy atom. The van der Waals surface area contributed by atoms with E-state index in [1.54, 1.807) is 0 Å². The predicted molar refractivity (Wildman–Crippen MR) is 94.6 cm³/mol. The first-order valence-corrected chi connectivity index (χ1v) is 8.90. The zero-order valence-corrected chi connectivity index (χ0v) is 14.9. The highest BCUT2D eigenvalue weighted by Crippen LogP contribution is 2.51. The van der Waals surface area contributed by atoms with E-state index < -0.39 is 0 Å². The van der Waals surface area contributed by atoms with Crippen LogP contribution in [-0.2, 0) is 0 Å². The minimum Gasteiger partial charge on any atom is -0.375 e. The van der Waals surface area contributed by atoms with E-state index in [1.807, 2.05) is 24.3 Å². The van der Waals surface area contributed by atoms with Crippen LogP contribution in [0.3, 0.4) is 0 Å². The van der Waals surface area contributed by atoms with Gasteiger partial charge in [-0.1, -0.05) is 62.2 Å². The Labute approximate surface area is 145 Å². The normalized spacial score (nSPS) is 25.5. The van der Waals surface area contributed by atoms with Gasteiger partial charge in [0.05, 0.1) is 11.7 Å². The average Bonchev–Trinajstić information content (AvgIpc) is 2.97. The summed E-state index contributed by atoms with van der Waals surface area (Å²) >= 11 is 7.05. The second kappa shape index (κ2) is 5.50. The smallest absolute Gasteiger partial charge is 0.147 e. The molecular weight excluding hydrogens is 409 g/mol. The quantitative estimate of drug-likeness (QED) is 0.541. The Bertz CT molecular complexity index is 772. The van der Waals surface area contributed by atoms with Crippen molar-refractivity contribution in [1.82, 2.24) is 0 Å². The van der Waals surface area contributed by atoms with E-state index in [0.29, 0.717) is 11.6 Å². The van der Waals surface area contributed by atoms with Crippen molar-refractivity contribution in [3.8, 4) is 0 Å². The molecule has 22 heavy (non-hydrogen) atoms. The van der Waals surface area contributed by atoms with Crippen molar-refractivity contribution in [3.63, 3.8) is 0 Å². The summed E-state index contributed by atoms with van der Waals surface area (Å²) in [7, 11) is 0. The first kappa shape index (κ1) is 14.5. The summed E-state index contributed by atoms with van der Waals surface area (Å²) in [5, 5.41) is 3.46. The predicted octanol–water partition coefficient (Wildman–Crippen LogP) is 6.18. The van der Waals surface area contributed by atoms with E-state index in [4.69, 9.17) is 0 Å². The molecule has 4 rings (SSSR count). The zero-order chi connectivity index (χ0) is 15.3. The molecule has 1 nitrogen and oxygen atoms in total. The molecule has 112 valence electrons. The summed E-state index contributed by atoms with van der Waals surface area (Å²) in [4.78, 5) is 0. The molecule has 1 aliphatic heterocycles. The topological polar surface area (TPSA) is 12.0 Å². The summed E-state index contributed by atoms with van der Waals surface area (Å²) in [5.74, 6) is 0.487. The number of nitrogens with one attached hydrogen (secondary N) is 1. The fourth-order valence-electron chi connectivity index (χ4n) is 3.66. The van der Waals surface area contributed by atoms with Crippen LogP contribution in [0.4, 0.5) is 10.1 Å². The standard InChI is InChI=1S/C18H14Br2FN/c19-10-8-14-11-5-3-6-12(11)17(22-18(14)16(21)9-10)13-4-1-2-7-15(13)20/h1-5,7-9,11-12,17,22H,6H2/t11-,12+,17-/m0/s1. The van der Waals surface area contributed by atoms with Gasteiger partial charge in [0.1, 0.15) is 5.82 Å². The van der Waals surface area contributed by atoms with Crippen LogP contribution in [0.5, 0.6) is 0 Å². The summed E-state index contributed by atoms with van der Waals surface area (Å²) < 4.78 is 16.3. The monoisotopic (exact) mass is 421 g/mol. The van der Waals surface area contributed by atoms with Crippen LogP contribution in [0.15, 0.2) is 57.5 Å². The molecule has 0 saturated carbocycles. The van der Waals surface area contributed by atoms with Gasteiger partial charge < -0.3 is 5.32 Å². The molecule has 1 aliphatic carbocycles. The number of hydrogen-bond acceptors (Lipinski definition) is 1.